The van der Waals surface area contributed by atoms with Gasteiger partial charge < -0.3 is 9.80 Å². The van der Waals surface area contributed by atoms with Crippen LogP contribution in [0.3, 0.4) is 0 Å². The lowest BCUT2D eigenvalue weighted by Gasteiger charge is -2.36. The van der Waals surface area contributed by atoms with Crippen molar-refractivity contribution in [1.82, 2.24) is 9.80 Å². The summed E-state index contributed by atoms with van der Waals surface area (Å²) in [5.74, 6) is 1.11. The molecule has 2 saturated heterocycles. The number of hydrogen-bond acceptors (Lipinski definition) is 2. The molecule has 1 unspecified atom stereocenters. The first-order valence-electron chi connectivity index (χ1n) is 9.24. The van der Waals surface area contributed by atoms with Crippen molar-refractivity contribution in [2.45, 2.75) is 51.0 Å². The van der Waals surface area contributed by atoms with Gasteiger partial charge in [-0.25, -0.2) is 0 Å². The predicted octanol–water partition coefficient (Wildman–Crippen LogP) is 3.34. The van der Waals surface area contributed by atoms with E-state index in [0.29, 0.717) is 11.9 Å². The van der Waals surface area contributed by atoms with Crippen LogP contribution in [0.4, 0.5) is 0 Å². The summed E-state index contributed by atoms with van der Waals surface area (Å²) in [4.78, 5) is 17.1. The number of rotatable bonds is 4. The first-order valence-corrected chi connectivity index (χ1v) is 9.24. The van der Waals surface area contributed by atoms with Gasteiger partial charge in [-0.15, -0.1) is 0 Å². The second-order valence-corrected chi connectivity index (χ2v) is 7.35. The zero-order valence-corrected chi connectivity index (χ0v) is 14.4. The lowest BCUT2D eigenvalue weighted by atomic mass is 9.90. The summed E-state index contributed by atoms with van der Waals surface area (Å²) in [6, 6.07) is 11.2. The Hall–Kier alpha value is -1.35. The van der Waals surface area contributed by atoms with Crippen molar-refractivity contribution in [2.75, 3.05) is 26.7 Å². The summed E-state index contributed by atoms with van der Waals surface area (Å²) in [7, 11) is 2.17. The smallest absolute Gasteiger partial charge is 0.224 e. The highest BCUT2D eigenvalue weighted by atomic mass is 16.2. The SMILES string of the molecule is CN1CCCCC1CC(=O)N1CCC(Cc2ccccc2)CC1. The molecule has 0 saturated carbocycles. The van der Waals surface area contributed by atoms with Crippen molar-refractivity contribution in [3.8, 4) is 0 Å². The van der Waals surface area contributed by atoms with Crippen molar-refractivity contribution in [3.63, 3.8) is 0 Å². The van der Waals surface area contributed by atoms with Gasteiger partial charge in [0.1, 0.15) is 0 Å². The van der Waals surface area contributed by atoms with Gasteiger partial charge in [0.15, 0.2) is 0 Å². The van der Waals surface area contributed by atoms with Gasteiger partial charge in [0.25, 0.3) is 0 Å². The van der Waals surface area contributed by atoms with Gasteiger partial charge in [-0.3, -0.25) is 4.79 Å². The molecular formula is C20H30N2O. The Kier molecular flexibility index (Phi) is 5.71. The maximum atomic E-state index is 12.6. The molecular weight excluding hydrogens is 284 g/mol. The van der Waals surface area contributed by atoms with E-state index >= 15 is 0 Å². The van der Waals surface area contributed by atoms with Crippen LogP contribution in [0.5, 0.6) is 0 Å². The highest BCUT2D eigenvalue weighted by Gasteiger charge is 2.27. The summed E-state index contributed by atoms with van der Waals surface area (Å²) in [6.45, 7) is 3.05. The summed E-state index contributed by atoms with van der Waals surface area (Å²) in [6.07, 6.45) is 7.94. The number of amides is 1. The molecule has 2 aliphatic heterocycles. The molecule has 0 N–H and O–H groups in total. The van der Waals surface area contributed by atoms with E-state index in [-0.39, 0.29) is 0 Å². The third-order valence-electron chi connectivity index (χ3n) is 5.67. The molecule has 0 spiro atoms. The fourth-order valence-corrected chi connectivity index (χ4v) is 4.07. The summed E-state index contributed by atoms with van der Waals surface area (Å²) >= 11 is 0. The number of piperidine rings is 2. The van der Waals surface area contributed by atoms with E-state index in [4.69, 9.17) is 0 Å². The Labute approximate surface area is 140 Å². The lowest BCUT2D eigenvalue weighted by molar-refractivity contribution is -0.134. The molecule has 0 radical (unpaired) electrons. The van der Waals surface area contributed by atoms with E-state index in [1.54, 1.807) is 0 Å². The minimum absolute atomic E-state index is 0.377. The third kappa shape index (κ3) is 4.57. The van der Waals surface area contributed by atoms with E-state index in [2.05, 4.69) is 47.2 Å². The number of carbonyl (C=O) groups excluding carboxylic acids is 1. The van der Waals surface area contributed by atoms with Gasteiger partial charge in [0.2, 0.25) is 5.91 Å². The topological polar surface area (TPSA) is 23.6 Å². The van der Waals surface area contributed by atoms with Crippen LogP contribution in [0, 0.1) is 5.92 Å². The maximum absolute atomic E-state index is 12.6. The molecule has 1 aromatic rings. The minimum Gasteiger partial charge on any atom is -0.343 e. The second kappa shape index (κ2) is 7.96. The van der Waals surface area contributed by atoms with Crippen LogP contribution in [0.2, 0.25) is 0 Å². The van der Waals surface area contributed by atoms with Gasteiger partial charge in [0.05, 0.1) is 0 Å². The lowest BCUT2D eigenvalue weighted by Crippen LogP contribution is -2.44. The molecule has 3 heteroatoms. The van der Waals surface area contributed by atoms with Crippen LogP contribution in [0.25, 0.3) is 0 Å². The van der Waals surface area contributed by atoms with Crippen LogP contribution >= 0.6 is 0 Å². The Morgan fingerprint density at radius 2 is 1.78 bits per heavy atom. The normalized spacial score (nSPS) is 23.9. The molecule has 0 aromatic heterocycles. The minimum atomic E-state index is 0.377. The first-order chi connectivity index (χ1) is 11.2. The Balaban J connectivity index is 1.44. The monoisotopic (exact) mass is 314 g/mol. The number of carbonyl (C=O) groups is 1. The molecule has 2 heterocycles. The van der Waals surface area contributed by atoms with Crippen LogP contribution in [0.1, 0.15) is 44.1 Å². The van der Waals surface area contributed by atoms with Crippen molar-refractivity contribution in [2.24, 2.45) is 5.92 Å². The molecule has 0 aliphatic carbocycles. The van der Waals surface area contributed by atoms with E-state index < -0.39 is 0 Å². The number of nitrogens with zero attached hydrogens (tertiary/aromatic N) is 2. The maximum Gasteiger partial charge on any atom is 0.224 e. The average Bonchev–Trinajstić information content (AvgIpc) is 2.58. The molecule has 0 bridgehead atoms. The first kappa shape index (κ1) is 16.5. The molecule has 2 aliphatic rings. The van der Waals surface area contributed by atoms with E-state index in [1.807, 2.05) is 0 Å². The highest BCUT2D eigenvalue weighted by molar-refractivity contribution is 5.76. The Morgan fingerprint density at radius 3 is 2.48 bits per heavy atom. The molecule has 1 amide bonds. The fraction of sp³-hybridized carbons (Fsp3) is 0.650. The van der Waals surface area contributed by atoms with Crippen molar-refractivity contribution < 1.29 is 4.79 Å². The largest absolute Gasteiger partial charge is 0.343 e. The van der Waals surface area contributed by atoms with Crippen LogP contribution in [-0.4, -0.2) is 48.4 Å². The van der Waals surface area contributed by atoms with Crippen molar-refractivity contribution in [1.29, 1.82) is 0 Å². The van der Waals surface area contributed by atoms with Crippen molar-refractivity contribution >= 4 is 5.91 Å². The molecule has 1 aromatic carbocycles. The zero-order valence-electron chi connectivity index (χ0n) is 14.4. The Morgan fingerprint density at radius 1 is 1.04 bits per heavy atom. The highest BCUT2D eigenvalue weighted by Crippen LogP contribution is 2.24. The van der Waals surface area contributed by atoms with E-state index in [0.717, 1.165) is 51.2 Å². The van der Waals surface area contributed by atoms with Crippen LogP contribution < -0.4 is 0 Å². The van der Waals surface area contributed by atoms with Gasteiger partial charge >= 0.3 is 0 Å². The quantitative estimate of drug-likeness (QED) is 0.851. The third-order valence-corrected chi connectivity index (χ3v) is 5.67. The zero-order chi connectivity index (χ0) is 16.1. The molecule has 2 fully saturated rings. The van der Waals surface area contributed by atoms with Crippen LogP contribution in [0.15, 0.2) is 30.3 Å². The average molecular weight is 314 g/mol. The molecule has 1 atom stereocenters. The van der Waals surface area contributed by atoms with Gasteiger partial charge in [-0.05, 0) is 57.2 Å². The van der Waals surface area contributed by atoms with Gasteiger partial charge in [-0.2, -0.15) is 0 Å². The predicted molar refractivity (Wildman–Crippen MR) is 94.3 cm³/mol. The number of hydrogen-bond donors (Lipinski definition) is 0. The molecule has 126 valence electrons. The molecule has 3 nitrogen and oxygen atoms in total. The summed E-state index contributed by atoms with van der Waals surface area (Å²) in [5, 5.41) is 0. The number of benzene rings is 1. The standard InChI is InChI=1S/C20H30N2O/c1-21-12-6-5-9-19(21)16-20(23)22-13-10-18(11-14-22)15-17-7-3-2-4-8-17/h2-4,7-8,18-19H,5-6,9-16H2,1H3. The Bertz CT molecular complexity index is 494. The van der Waals surface area contributed by atoms with Gasteiger partial charge in [-0.1, -0.05) is 36.8 Å². The van der Waals surface area contributed by atoms with E-state index in [9.17, 15) is 4.79 Å². The fourth-order valence-electron chi connectivity index (χ4n) is 4.07. The number of likely N-dealkylation sites (tertiary alicyclic amines) is 2. The van der Waals surface area contributed by atoms with Gasteiger partial charge in [0, 0.05) is 25.6 Å². The van der Waals surface area contributed by atoms with E-state index in [1.165, 1.54) is 24.8 Å². The summed E-state index contributed by atoms with van der Waals surface area (Å²) < 4.78 is 0. The van der Waals surface area contributed by atoms with Crippen molar-refractivity contribution in [3.05, 3.63) is 35.9 Å². The molecule has 23 heavy (non-hydrogen) atoms. The molecule has 3 rings (SSSR count). The van der Waals surface area contributed by atoms with Crippen LogP contribution in [-0.2, 0) is 11.2 Å². The summed E-state index contributed by atoms with van der Waals surface area (Å²) in [5.41, 5.74) is 1.43. The second-order valence-electron chi connectivity index (χ2n) is 7.35.